The van der Waals surface area contributed by atoms with Gasteiger partial charge in [0.05, 0.1) is 19.3 Å². The van der Waals surface area contributed by atoms with Crippen molar-refractivity contribution in [3.05, 3.63) is 29.8 Å². The maximum absolute atomic E-state index is 5.96. The molecule has 0 unspecified atom stereocenters. The van der Waals surface area contributed by atoms with E-state index >= 15 is 0 Å². The normalized spacial score (nSPS) is 31.2. The summed E-state index contributed by atoms with van der Waals surface area (Å²) < 4.78 is 11.4. The highest BCUT2D eigenvalue weighted by molar-refractivity contribution is 5.33. The molecule has 0 amide bonds. The lowest BCUT2D eigenvalue weighted by molar-refractivity contribution is 0.00574. The Morgan fingerprint density at radius 2 is 2.21 bits per heavy atom. The second-order valence-electron chi connectivity index (χ2n) is 5.82. The molecule has 3 rings (SSSR count). The number of methoxy groups -OCH3 is 1. The molecule has 2 saturated heterocycles. The predicted octanol–water partition coefficient (Wildman–Crippen LogP) is 2.69. The van der Waals surface area contributed by atoms with Gasteiger partial charge >= 0.3 is 0 Å². The van der Waals surface area contributed by atoms with E-state index in [1.54, 1.807) is 7.11 Å². The molecule has 2 fully saturated rings. The quantitative estimate of drug-likeness (QED) is 0.835. The average molecular weight is 261 g/mol. The van der Waals surface area contributed by atoms with Crippen LogP contribution in [0.25, 0.3) is 0 Å². The summed E-state index contributed by atoms with van der Waals surface area (Å²) in [7, 11) is 1.75. The van der Waals surface area contributed by atoms with Crippen LogP contribution in [-0.2, 0) is 11.3 Å². The van der Waals surface area contributed by atoms with Gasteiger partial charge in [0.2, 0.25) is 0 Å². The third-order valence-corrected chi connectivity index (χ3v) is 4.38. The minimum absolute atomic E-state index is 0.446. The minimum Gasteiger partial charge on any atom is -0.496 e. The molecular formula is C16H23NO2. The molecule has 3 heteroatoms. The summed E-state index contributed by atoms with van der Waals surface area (Å²) in [6.45, 7) is 5.48. The summed E-state index contributed by atoms with van der Waals surface area (Å²) in [5.74, 6) is 1.72. The molecule has 2 aliphatic heterocycles. The van der Waals surface area contributed by atoms with Gasteiger partial charge in [-0.15, -0.1) is 0 Å². The number of benzene rings is 1. The smallest absolute Gasteiger partial charge is 0.123 e. The molecule has 2 aliphatic rings. The first-order valence-electron chi connectivity index (χ1n) is 7.26. The zero-order valence-corrected chi connectivity index (χ0v) is 11.8. The highest BCUT2D eigenvalue weighted by Crippen LogP contribution is 2.33. The molecule has 0 bridgehead atoms. The van der Waals surface area contributed by atoms with Gasteiger partial charge in [0, 0.05) is 31.1 Å². The fourth-order valence-corrected chi connectivity index (χ4v) is 3.49. The van der Waals surface area contributed by atoms with Crippen molar-refractivity contribution in [1.29, 1.82) is 0 Å². The number of piperidine rings is 1. The van der Waals surface area contributed by atoms with E-state index < -0.39 is 0 Å². The van der Waals surface area contributed by atoms with Crippen LogP contribution in [0, 0.1) is 5.92 Å². The van der Waals surface area contributed by atoms with Crippen molar-refractivity contribution >= 4 is 0 Å². The lowest BCUT2D eigenvalue weighted by Crippen LogP contribution is -2.40. The zero-order chi connectivity index (χ0) is 13.2. The summed E-state index contributed by atoms with van der Waals surface area (Å²) >= 11 is 0. The molecule has 0 radical (unpaired) electrons. The van der Waals surface area contributed by atoms with Crippen molar-refractivity contribution in [2.75, 3.05) is 20.2 Å². The van der Waals surface area contributed by atoms with Crippen molar-refractivity contribution in [3.8, 4) is 5.75 Å². The Hall–Kier alpha value is -1.06. The molecular weight excluding hydrogens is 238 g/mol. The largest absolute Gasteiger partial charge is 0.496 e. The van der Waals surface area contributed by atoms with Crippen LogP contribution in [0.5, 0.6) is 5.75 Å². The first kappa shape index (κ1) is 12.9. The van der Waals surface area contributed by atoms with Crippen LogP contribution in [0.3, 0.4) is 0 Å². The molecule has 104 valence electrons. The lowest BCUT2D eigenvalue weighted by Gasteiger charge is -2.34. The second-order valence-corrected chi connectivity index (χ2v) is 5.82. The summed E-state index contributed by atoms with van der Waals surface area (Å²) in [5, 5.41) is 0. The number of hydrogen-bond acceptors (Lipinski definition) is 3. The molecule has 3 atom stereocenters. The highest BCUT2D eigenvalue weighted by Gasteiger charge is 2.37. The van der Waals surface area contributed by atoms with E-state index in [9.17, 15) is 0 Å². The van der Waals surface area contributed by atoms with E-state index in [0.717, 1.165) is 31.3 Å². The highest BCUT2D eigenvalue weighted by atomic mass is 16.5. The van der Waals surface area contributed by atoms with Crippen molar-refractivity contribution in [2.45, 2.75) is 38.5 Å². The maximum atomic E-state index is 5.96. The van der Waals surface area contributed by atoms with Gasteiger partial charge in [0.25, 0.3) is 0 Å². The van der Waals surface area contributed by atoms with Gasteiger partial charge < -0.3 is 9.47 Å². The number of para-hydroxylation sites is 1. The molecule has 0 aromatic heterocycles. The Morgan fingerprint density at radius 1 is 1.37 bits per heavy atom. The molecule has 1 aromatic rings. The first-order chi connectivity index (χ1) is 9.26. The van der Waals surface area contributed by atoms with Crippen LogP contribution < -0.4 is 4.74 Å². The van der Waals surface area contributed by atoms with Crippen molar-refractivity contribution in [3.63, 3.8) is 0 Å². The Kier molecular flexibility index (Phi) is 3.76. The molecule has 2 heterocycles. The van der Waals surface area contributed by atoms with Crippen LogP contribution in [0.2, 0.25) is 0 Å². The van der Waals surface area contributed by atoms with E-state index in [4.69, 9.17) is 9.47 Å². The summed E-state index contributed by atoms with van der Waals surface area (Å²) in [4.78, 5) is 2.54. The van der Waals surface area contributed by atoms with Gasteiger partial charge in [-0.05, 0) is 25.8 Å². The minimum atomic E-state index is 0.446. The number of likely N-dealkylation sites (tertiary alicyclic amines) is 1. The SMILES string of the molecule is COc1ccccc1CN1CC[C@H]2O[C@H](C)C[C@@H]2C1. The summed E-state index contributed by atoms with van der Waals surface area (Å²) in [6, 6.07) is 8.33. The van der Waals surface area contributed by atoms with Crippen molar-refractivity contribution in [1.82, 2.24) is 4.90 Å². The molecule has 3 nitrogen and oxygen atoms in total. The summed E-state index contributed by atoms with van der Waals surface area (Å²) in [5.41, 5.74) is 1.29. The van der Waals surface area contributed by atoms with Gasteiger partial charge in [0.1, 0.15) is 5.75 Å². The average Bonchev–Trinajstić information content (AvgIpc) is 2.79. The third-order valence-electron chi connectivity index (χ3n) is 4.38. The summed E-state index contributed by atoms with van der Waals surface area (Å²) in [6.07, 6.45) is 3.34. The van der Waals surface area contributed by atoms with E-state index in [2.05, 4.69) is 24.0 Å². The predicted molar refractivity (Wildman–Crippen MR) is 75.3 cm³/mol. The molecule has 0 N–H and O–H groups in total. The molecule has 0 saturated carbocycles. The number of rotatable bonds is 3. The number of fused-ring (bicyclic) bond motifs is 1. The topological polar surface area (TPSA) is 21.7 Å². The fourth-order valence-electron chi connectivity index (χ4n) is 3.49. The Bertz CT molecular complexity index is 435. The molecule has 0 spiro atoms. The second kappa shape index (κ2) is 5.51. The number of ether oxygens (including phenoxy) is 2. The first-order valence-corrected chi connectivity index (χ1v) is 7.26. The van der Waals surface area contributed by atoms with Crippen molar-refractivity contribution in [2.24, 2.45) is 5.92 Å². The number of nitrogens with zero attached hydrogens (tertiary/aromatic N) is 1. The zero-order valence-electron chi connectivity index (χ0n) is 11.8. The fraction of sp³-hybridized carbons (Fsp3) is 0.625. The van der Waals surface area contributed by atoms with E-state index in [-0.39, 0.29) is 0 Å². The van der Waals surface area contributed by atoms with Gasteiger partial charge in [-0.3, -0.25) is 4.90 Å². The van der Waals surface area contributed by atoms with Crippen LogP contribution in [0.4, 0.5) is 0 Å². The monoisotopic (exact) mass is 261 g/mol. The van der Waals surface area contributed by atoms with Gasteiger partial charge in [-0.2, -0.15) is 0 Å². The van der Waals surface area contributed by atoms with Crippen LogP contribution in [0.1, 0.15) is 25.3 Å². The van der Waals surface area contributed by atoms with Crippen LogP contribution >= 0.6 is 0 Å². The molecule has 1 aromatic carbocycles. The molecule has 19 heavy (non-hydrogen) atoms. The maximum Gasteiger partial charge on any atom is 0.123 e. The number of hydrogen-bond donors (Lipinski definition) is 0. The Labute approximate surface area is 115 Å². The van der Waals surface area contributed by atoms with Gasteiger partial charge in [0.15, 0.2) is 0 Å². The van der Waals surface area contributed by atoms with Gasteiger partial charge in [-0.1, -0.05) is 18.2 Å². The Balaban J connectivity index is 1.65. The van der Waals surface area contributed by atoms with Crippen molar-refractivity contribution < 1.29 is 9.47 Å². The van der Waals surface area contributed by atoms with E-state index in [1.165, 1.54) is 18.4 Å². The standard InChI is InChI=1S/C16H23NO2/c1-12-9-14-11-17(8-7-16(14)19-12)10-13-5-3-4-6-15(13)18-2/h3-6,12,14,16H,7-11H2,1-2H3/t12-,14-,16-/m1/s1. The molecule has 0 aliphatic carbocycles. The van der Waals surface area contributed by atoms with Crippen LogP contribution in [0.15, 0.2) is 24.3 Å². The van der Waals surface area contributed by atoms with Crippen LogP contribution in [-0.4, -0.2) is 37.3 Å². The third kappa shape index (κ3) is 2.77. The van der Waals surface area contributed by atoms with E-state index in [0.29, 0.717) is 12.2 Å². The van der Waals surface area contributed by atoms with Gasteiger partial charge in [-0.25, -0.2) is 0 Å². The van der Waals surface area contributed by atoms with E-state index in [1.807, 2.05) is 12.1 Å². The lowest BCUT2D eigenvalue weighted by atomic mass is 9.93. The Morgan fingerprint density at radius 3 is 3.05 bits per heavy atom.